The molecule has 0 aromatic heterocycles. The predicted octanol–water partition coefficient (Wildman–Crippen LogP) is 1.92. The summed E-state index contributed by atoms with van der Waals surface area (Å²) < 4.78 is 0. The lowest BCUT2D eigenvalue weighted by atomic mass is 9.84. The van der Waals surface area contributed by atoms with Gasteiger partial charge in [0, 0.05) is 0 Å². The Morgan fingerprint density at radius 1 is 1.55 bits per heavy atom. The summed E-state index contributed by atoms with van der Waals surface area (Å²) in [4.78, 5) is 0. The van der Waals surface area contributed by atoms with Gasteiger partial charge in [-0.05, 0) is 19.4 Å². The Hall–Kier alpha value is -0.550. The molecule has 11 heavy (non-hydrogen) atoms. The van der Waals surface area contributed by atoms with Gasteiger partial charge in [-0.15, -0.1) is 0 Å². The summed E-state index contributed by atoms with van der Waals surface area (Å²) in [5, 5.41) is 12.1. The standard InChI is InChI=1S/C9H18N2/c1-5-6-9(7-10,11-4)8(2)3/h8,11H,5-6H2,1-4H3. The molecule has 0 aromatic carbocycles. The summed E-state index contributed by atoms with van der Waals surface area (Å²) in [6, 6.07) is 2.35. The van der Waals surface area contributed by atoms with Crippen molar-refractivity contribution in [3.8, 4) is 6.07 Å². The van der Waals surface area contributed by atoms with Crippen LogP contribution >= 0.6 is 0 Å². The molecule has 0 heterocycles. The summed E-state index contributed by atoms with van der Waals surface area (Å²) >= 11 is 0. The Kier molecular flexibility index (Phi) is 4.14. The molecule has 0 saturated carbocycles. The number of hydrogen-bond donors (Lipinski definition) is 1. The summed E-state index contributed by atoms with van der Waals surface area (Å²) in [6.45, 7) is 6.26. The van der Waals surface area contributed by atoms with Gasteiger partial charge in [0.15, 0.2) is 0 Å². The zero-order valence-electron chi connectivity index (χ0n) is 7.94. The van der Waals surface area contributed by atoms with Gasteiger partial charge in [0.25, 0.3) is 0 Å². The first-order valence-electron chi connectivity index (χ1n) is 4.23. The van der Waals surface area contributed by atoms with Gasteiger partial charge in [-0.3, -0.25) is 0 Å². The van der Waals surface area contributed by atoms with Crippen LogP contribution in [0, 0.1) is 17.2 Å². The Bertz CT molecular complexity index is 146. The fourth-order valence-corrected chi connectivity index (χ4v) is 1.34. The molecule has 0 bridgehead atoms. The minimum atomic E-state index is -0.311. The zero-order valence-corrected chi connectivity index (χ0v) is 7.94. The van der Waals surface area contributed by atoms with Crippen molar-refractivity contribution in [3.63, 3.8) is 0 Å². The van der Waals surface area contributed by atoms with Crippen molar-refractivity contribution in [3.05, 3.63) is 0 Å². The third kappa shape index (κ3) is 2.20. The summed E-state index contributed by atoms with van der Waals surface area (Å²) in [6.07, 6.45) is 1.98. The van der Waals surface area contributed by atoms with Crippen LogP contribution in [0.3, 0.4) is 0 Å². The van der Waals surface area contributed by atoms with Gasteiger partial charge in [-0.1, -0.05) is 27.2 Å². The number of hydrogen-bond acceptors (Lipinski definition) is 2. The van der Waals surface area contributed by atoms with E-state index in [0.29, 0.717) is 5.92 Å². The minimum Gasteiger partial charge on any atom is -0.302 e. The predicted molar refractivity (Wildman–Crippen MR) is 47.1 cm³/mol. The first-order chi connectivity index (χ1) is 5.13. The Balaban J connectivity index is 4.36. The van der Waals surface area contributed by atoms with Gasteiger partial charge < -0.3 is 5.32 Å². The average Bonchev–Trinajstić information content (AvgIpc) is 2.00. The second-order valence-corrected chi connectivity index (χ2v) is 3.24. The summed E-state index contributed by atoms with van der Waals surface area (Å²) in [5.41, 5.74) is -0.311. The highest BCUT2D eigenvalue weighted by atomic mass is 14.9. The van der Waals surface area contributed by atoms with Crippen LogP contribution in [-0.4, -0.2) is 12.6 Å². The normalized spacial score (nSPS) is 16.0. The molecule has 1 unspecified atom stereocenters. The van der Waals surface area contributed by atoms with Crippen molar-refractivity contribution in [1.29, 1.82) is 5.26 Å². The quantitative estimate of drug-likeness (QED) is 0.671. The number of nitriles is 1. The molecule has 0 radical (unpaired) electrons. The van der Waals surface area contributed by atoms with Crippen molar-refractivity contribution >= 4 is 0 Å². The van der Waals surface area contributed by atoms with E-state index < -0.39 is 0 Å². The van der Waals surface area contributed by atoms with Gasteiger partial charge in [0.05, 0.1) is 6.07 Å². The largest absolute Gasteiger partial charge is 0.302 e. The van der Waals surface area contributed by atoms with Crippen LogP contribution in [0.5, 0.6) is 0 Å². The maximum atomic E-state index is 8.97. The molecule has 1 atom stereocenters. The van der Waals surface area contributed by atoms with Crippen molar-refractivity contribution < 1.29 is 0 Å². The smallest absolute Gasteiger partial charge is 0.108 e. The lowest BCUT2D eigenvalue weighted by Gasteiger charge is -2.29. The molecule has 0 rings (SSSR count). The van der Waals surface area contributed by atoms with E-state index in [9.17, 15) is 0 Å². The topological polar surface area (TPSA) is 35.8 Å². The van der Waals surface area contributed by atoms with Crippen LogP contribution in [0.25, 0.3) is 0 Å². The molecule has 0 saturated heterocycles. The van der Waals surface area contributed by atoms with E-state index in [0.717, 1.165) is 12.8 Å². The molecule has 64 valence electrons. The molecule has 1 N–H and O–H groups in total. The highest BCUT2D eigenvalue weighted by Gasteiger charge is 2.30. The number of nitrogens with one attached hydrogen (secondary N) is 1. The fourth-order valence-electron chi connectivity index (χ4n) is 1.34. The van der Waals surface area contributed by atoms with Crippen LogP contribution in [0.1, 0.15) is 33.6 Å². The molecule has 0 amide bonds. The maximum absolute atomic E-state index is 8.97. The minimum absolute atomic E-state index is 0.311. The van der Waals surface area contributed by atoms with Gasteiger partial charge in [0.2, 0.25) is 0 Å². The molecule has 0 aliphatic heterocycles. The summed E-state index contributed by atoms with van der Waals surface area (Å²) in [5.74, 6) is 0.373. The van der Waals surface area contributed by atoms with Crippen LogP contribution in [0.2, 0.25) is 0 Å². The molecular formula is C9H18N2. The average molecular weight is 154 g/mol. The van der Waals surface area contributed by atoms with E-state index >= 15 is 0 Å². The van der Waals surface area contributed by atoms with E-state index in [4.69, 9.17) is 5.26 Å². The second-order valence-electron chi connectivity index (χ2n) is 3.24. The lowest BCUT2D eigenvalue weighted by molar-refractivity contribution is 0.308. The monoisotopic (exact) mass is 154 g/mol. The van der Waals surface area contributed by atoms with E-state index in [2.05, 4.69) is 32.2 Å². The van der Waals surface area contributed by atoms with Crippen LogP contribution in [0.15, 0.2) is 0 Å². The molecule has 0 aromatic rings. The number of nitrogens with zero attached hydrogens (tertiary/aromatic N) is 1. The van der Waals surface area contributed by atoms with Crippen LogP contribution in [-0.2, 0) is 0 Å². The Morgan fingerprint density at radius 3 is 2.18 bits per heavy atom. The third-order valence-electron chi connectivity index (χ3n) is 2.28. The van der Waals surface area contributed by atoms with E-state index in [-0.39, 0.29) is 5.54 Å². The molecule has 2 heteroatoms. The molecule has 2 nitrogen and oxygen atoms in total. The summed E-state index contributed by atoms with van der Waals surface area (Å²) in [7, 11) is 1.86. The third-order valence-corrected chi connectivity index (χ3v) is 2.28. The Labute approximate surface area is 69.6 Å². The van der Waals surface area contributed by atoms with E-state index in [1.807, 2.05) is 7.05 Å². The van der Waals surface area contributed by atoms with E-state index in [1.54, 1.807) is 0 Å². The lowest BCUT2D eigenvalue weighted by Crippen LogP contribution is -2.46. The molecule has 0 fully saturated rings. The zero-order chi connectivity index (χ0) is 8.91. The molecule has 0 aliphatic carbocycles. The van der Waals surface area contributed by atoms with Gasteiger partial charge in [0.1, 0.15) is 5.54 Å². The van der Waals surface area contributed by atoms with Gasteiger partial charge in [-0.2, -0.15) is 5.26 Å². The molecule has 0 aliphatic rings. The van der Waals surface area contributed by atoms with Crippen molar-refractivity contribution in [2.75, 3.05) is 7.05 Å². The molecular weight excluding hydrogens is 136 g/mol. The van der Waals surface area contributed by atoms with E-state index in [1.165, 1.54) is 0 Å². The van der Waals surface area contributed by atoms with Crippen molar-refractivity contribution in [1.82, 2.24) is 5.32 Å². The van der Waals surface area contributed by atoms with Crippen molar-refractivity contribution in [2.24, 2.45) is 5.92 Å². The van der Waals surface area contributed by atoms with Crippen LogP contribution < -0.4 is 5.32 Å². The SMILES string of the molecule is CCCC(C#N)(NC)C(C)C. The van der Waals surface area contributed by atoms with Crippen LogP contribution in [0.4, 0.5) is 0 Å². The molecule has 0 spiro atoms. The Morgan fingerprint density at radius 2 is 2.09 bits per heavy atom. The highest BCUT2D eigenvalue weighted by Crippen LogP contribution is 2.21. The second kappa shape index (κ2) is 4.35. The first-order valence-corrected chi connectivity index (χ1v) is 4.23. The highest BCUT2D eigenvalue weighted by molar-refractivity contribution is 5.08. The van der Waals surface area contributed by atoms with Gasteiger partial charge >= 0.3 is 0 Å². The maximum Gasteiger partial charge on any atom is 0.108 e. The fraction of sp³-hybridized carbons (Fsp3) is 0.889. The van der Waals surface area contributed by atoms with Gasteiger partial charge in [-0.25, -0.2) is 0 Å². The van der Waals surface area contributed by atoms with Crippen molar-refractivity contribution in [2.45, 2.75) is 39.2 Å². The first kappa shape index (κ1) is 10.4. The number of rotatable bonds is 4.